The third kappa shape index (κ3) is 1.75. The quantitative estimate of drug-likeness (QED) is 0.748. The molecule has 0 fully saturated rings. The molecule has 0 aliphatic heterocycles. The Morgan fingerprint density at radius 3 is 3.00 bits per heavy atom. The first-order valence-electron chi connectivity index (χ1n) is 4.32. The molecule has 1 heterocycles. The van der Waals surface area contributed by atoms with Crippen molar-refractivity contribution in [1.29, 1.82) is 0 Å². The Morgan fingerprint density at radius 1 is 1.50 bits per heavy atom. The Kier molecular flexibility index (Phi) is 2.46. The number of nitrogens with one attached hydrogen (secondary N) is 1. The molecule has 14 heavy (non-hydrogen) atoms. The number of benzene rings is 1. The van der Waals surface area contributed by atoms with E-state index < -0.39 is 0 Å². The lowest BCUT2D eigenvalue weighted by molar-refractivity contribution is -0.0728. The summed E-state index contributed by atoms with van der Waals surface area (Å²) in [6.07, 6.45) is 1.88. The molecule has 0 saturated heterocycles. The highest BCUT2D eigenvalue weighted by molar-refractivity contribution is 6.31. The van der Waals surface area contributed by atoms with E-state index in [-0.39, 0.29) is 0 Å². The van der Waals surface area contributed by atoms with Crippen molar-refractivity contribution in [3.63, 3.8) is 0 Å². The van der Waals surface area contributed by atoms with Crippen LogP contribution in [-0.2, 0) is 6.54 Å². The van der Waals surface area contributed by atoms with E-state index in [0.29, 0.717) is 11.6 Å². The van der Waals surface area contributed by atoms with Crippen molar-refractivity contribution in [1.82, 2.24) is 10.0 Å². The summed E-state index contributed by atoms with van der Waals surface area (Å²) in [5.41, 5.74) is 2.05. The van der Waals surface area contributed by atoms with Crippen LogP contribution in [0.3, 0.4) is 0 Å². The van der Waals surface area contributed by atoms with Gasteiger partial charge in [-0.2, -0.15) is 5.06 Å². The largest absolute Gasteiger partial charge is 0.361 e. The van der Waals surface area contributed by atoms with Crippen LogP contribution >= 0.6 is 11.6 Å². The van der Waals surface area contributed by atoms with Crippen molar-refractivity contribution >= 4 is 22.5 Å². The van der Waals surface area contributed by atoms with E-state index in [9.17, 15) is 0 Å². The molecule has 0 radical (unpaired) electrons. The molecule has 0 aliphatic rings. The number of H-pyrrole nitrogens is 1. The molecule has 0 spiro atoms. The first-order valence-corrected chi connectivity index (χ1v) is 4.70. The molecule has 0 bridgehead atoms. The van der Waals surface area contributed by atoms with Crippen LogP contribution in [0.25, 0.3) is 10.9 Å². The summed E-state index contributed by atoms with van der Waals surface area (Å²) < 4.78 is 0. The summed E-state index contributed by atoms with van der Waals surface area (Å²) >= 11 is 5.85. The summed E-state index contributed by atoms with van der Waals surface area (Å²) in [5.74, 6) is 0. The van der Waals surface area contributed by atoms with Crippen LogP contribution in [0.5, 0.6) is 0 Å². The second-order valence-electron chi connectivity index (χ2n) is 3.32. The highest BCUT2D eigenvalue weighted by atomic mass is 35.5. The molecule has 74 valence electrons. The zero-order valence-corrected chi connectivity index (χ0v) is 8.54. The van der Waals surface area contributed by atoms with Crippen LogP contribution < -0.4 is 0 Å². The maximum atomic E-state index is 9.13. The van der Waals surface area contributed by atoms with Crippen LogP contribution in [0, 0.1) is 0 Å². The fourth-order valence-corrected chi connectivity index (χ4v) is 1.71. The Morgan fingerprint density at radius 2 is 2.29 bits per heavy atom. The van der Waals surface area contributed by atoms with Gasteiger partial charge >= 0.3 is 0 Å². The van der Waals surface area contributed by atoms with Crippen molar-refractivity contribution in [2.75, 3.05) is 7.05 Å². The average Bonchev–Trinajstić information content (AvgIpc) is 2.47. The first kappa shape index (κ1) is 9.52. The first-order chi connectivity index (χ1) is 6.66. The highest BCUT2D eigenvalue weighted by Crippen LogP contribution is 2.22. The summed E-state index contributed by atoms with van der Waals surface area (Å²) in [7, 11) is 1.62. The zero-order valence-electron chi connectivity index (χ0n) is 7.79. The summed E-state index contributed by atoms with van der Waals surface area (Å²) in [6, 6.07) is 5.67. The number of aromatic nitrogens is 1. The third-order valence-corrected chi connectivity index (χ3v) is 2.36. The van der Waals surface area contributed by atoms with E-state index in [1.807, 2.05) is 24.4 Å². The van der Waals surface area contributed by atoms with Crippen LogP contribution in [0.2, 0.25) is 5.02 Å². The molecule has 1 aromatic carbocycles. The van der Waals surface area contributed by atoms with E-state index >= 15 is 0 Å². The van der Waals surface area contributed by atoms with Crippen molar-refractivity contribution in [2.45, 2.75) is 6.54 Å². The molecule has 0 unspecified atom stereocenters. The molecule has 2 aromatic rings. The Balaban J connectivity index is 2.47. The predicted octanol–water partition coefficient (Wildman–Crippen LogP) is 2.64. The number of hydrogen-bond donors (Lipinski definition) is 2. The average molecular weight is 211 g/mol. The van der Waals surface area contributed by atoms with Gasteiger partial charge in [0, 0.05) is 29.2 Å². The number of nitrogens with zero attached hydrogens (tertiary/aromatic N) is 1. The minimum Gasteiger partial charge on any atom is -0.361 e. The lowest BCUT2D eigenvalue weighted by atomic mass is 10.2. The van der Waals surface area contributed by atoms with Gasteiger partial charge in [0.2, 0.25) is 0 Å². The molecule has 1 aromatic heterocycles. The fraction of sp³-hybridized carbons (Fsp3) is 0.200. The van der Waals surface area contributed by atoms with Crippen molar-refractivity contribution in [3.05, 3.63) is 35.0 Å². The molecule has 0 amide bonds. The normalized spacial score (nSPS) is 11.4. The van der Waals surface area contributed by atoms with Gasteiger partial charge in [0.05, 0.1) is 6.54 Å². The number of fused-ring (bicyclic) bond motifs is 1. The number of halogens is 1. The lowest BCUT2D eigenvalue weighted by Crippen LogP contribution is -2.11. The minimum absolute atomic E-state index is 0.502. The standard InChI is InChI=1S/C10H11ClN2O/c1-13(14)6-7-5-12-10-4-8(11)2-3-9(7)10/h2-5,12,14H,6H2,1H3. The van der Waals surface area contributed by atoms with Crippen LogP contribution in [0.4, 0.5) is 0 Å². The van der Waals surface area contributed by atoms with E-state index in [2.05, 4.69) is 4.98 Å². The molecular formula is C10H11ClN2O. The van der Waals surface area contributed by atoms with Gasteiger partial charge in [-0.15, -0.1) is 0 Å². The zero-order chi connectivity index (χ0) is 10.1. The SMILES string of the molecule is CN(O)Cc1c[nH]c2cc(Cl)ccc12. The Hall–Kier alpha value is -1.03. The number of rotatable bonds is 2. The van der Waals surface area contributed by atoms with Gasteiger partial charge in [0.1, 0.15) is 0 Å². The van der Waals surface area contributed by atoms with Gasteiger partial charge in [-0.3, -0.25) is 0 Å². The van der Waals surface area contributed by atoms with E-state index in [4.69, 9.17) is 16.8 Å². The van der Waals surface area contributed by atoms with Gasteiger partial charge in [0.15, 0.2) is 0 Å². The van der Waals surface area contributed by atoms with Gasteiger partial charge < -0.3 is 10.2 Å². The fourth-order valence-electron chi connectivity index (χ4n) is 1.54. The molecule has 4 heteroatoms. The number of hydrogen-bond acceptors (Lipinski definition) is 2. The predicted molar refractivity (Wildman–Crippen MR) is 56.6 cm³/mol. The molecule has 0 saturated carbocycles. The molecule has 0 aliphatic carbocycles. The van der Waals surface area contributed by atoms with E-state index in [0.717, 1.165) is 21.5 Å². The van der Waals surface area contributed by atoms with E-state index in [1.54, 1.807) is 7.05 Å². The van der Waals surface area contributed by atoms with Crippen LogP contribution in [0.15, 0.2) is 24.4 Å². The maximum absolute atomic E-state index is 9.13. The van der Waals surface area contributed by atoms with Gasteiger partial charge in [-0.25, -0.2) is 0 Å². The second kappa shape index (κ2) is 3.61. The number of aromatic amines is 1. The third-order valence-electron chi connectivity index (χ3n) is 2.13. The summed E-state index contributed by atoms with van der Waals surface area (Å²) in [6.45, 7) is 0.502. The molecule has 3 nitrogen and oxygen atoms in total. The van der Waals surface area contributed by atoms with Gasteiger partial charge in [-0.1, -0.05) is 17.7 Å². The topological polar surface area (TPSA) is 39.3 Å². The molecule has 2 N–H and O–H groups in total. The summed E-state index contributed by atoms with van der Waals surface area (Å²) in [4.78, 5) is 3.11. The number of hydroxylamine groups is 2. The molecule has 2 rings (SSSR count). The smallest absolute Gasteiger partial charge is 0.0506 e. The maximum Gasteiger partial charge on any atom is 0.0506 e. The summed E-state index contributed by atoms with van der Waals surface area (Å²) in [5, 5.41) is 12.1. The van der Waals surface area contributed by atoms with Crippen LogP contribution in [0.1, 0.15) is 5.56 Å². The van der Waals surface area contributed by atoms with Crippen molar-refractivity contribution in [2.24, 2.45) is 0 Å². The second-order valence-corrected chi connectivity index (χ2v) is 3.76. The van der Waals surface area contributed by atoms with Crippen molar-refractivity contribution < 1.29 is 5.21 Å². The monoisotopic (exact) mass is 210 g/mol. The highest BCUT2D eigenvalue weighted by Gasteiger charge is 2.05. The van der Waals surface area contributed by atoms with E-state index in [1.165, 1.54) is 0 Å². The molecule has 0 atom stereocenters. The van der Waals surface area contributed by atoms with Crippen LogP contribution in [-0.4, -0.2) is 22.3 Å². The molecular weight excluding hydrogens is 200 g/mol. The Bertz CT molecular complexity index is 450. The lowest BCUT2D eigenvalue weighted by Gasteiger charge is -2.05. The van der Waals surface area contributed by atoms with Gasteiger partial charge in [0.25, 0.3) is 0 Å². The van der Waals surface area contributed by atoms with Crippen molar-refractivity contribution in [3.8, 4) is 0 Å². The Labute approximate surface area is 86.9 Å². The minimum atomic E-state index is 0.502. The van der Waals surface area contributed by atoms with Gasteiger partial charge in [-0.05, 0) is 17.7 Å².